The zero-order chi connectivity index (χ0) is 28.5. The number of halogens is 4. The highest BCUT2D eigenvalue weighted by Gasteiger charge is 2.33. The van der Waals surface area contributed by atoms with Crippen molar-refractivity contribution in [2.75, 3.05) is 0 Å². The van der Waals surface area contributed by atoms with E-state index >= 15 is 0 Å². The molecule has 0 aliphatic heterocycles. The van der Waals surface area contributed by atoms with E-state index in [4.69, 9.17) is 25.8 Å². The van der Waals surface area contributed by atoms with Crippen molar-refractivity contribution in [3.8, 4) is 34.4 Å². The molecule has 0 saturated carbocycles. The first-order chi connectivity index (χ1) is 18.3. The molecule has 1 N–H and O–H groups in total. The van der Waals surface area contributed by atoms with Crippen LogP contribution in [0.4, 0.5) is 13.2 Å². The Morgan fingerprint density at radius 1 is 0.846 bits per heavy atom. The fourth-order valence-electron chi connectivity index (χ4n) is 3.94. The van der Waals surface area contributed by atoms with E-state index in [1.165, 1.54) is 22.8 Å². The number of carboxylic acid groups (broad SMARTS) is 1. The second-order valence-electron chi connectivity index (χ2n) is 9.07. The number of carboxylic acids is 1. The molecule has 0 aliphatic carbocycles. The lowest BCUT2D eigenvalue weighted by molar-refractivity contribution is -0.275. The molecule has 0 spiro atoms. The van der Waals surface area contributed by atoms with Gasteiger partial charge in [-0.2, -0.15) is 0 Å². The standard InChI is InChI=1S/C28H25ClF3NO6/c1-15(2)36-18-7-5-17(6-8-18)33-22-11-9-19(13-21(22)25(29)26(33)27(34)35)38-20-10-12-23(37-16(3)4)24(14-20)39-28(30,31)32/h5-16H,1-4H3,(H,34,35). The van der Waals surface area contributed by atoms with Crippen LogP contribution in [-0.2, 0) is 0 Å². The maximum Gasteiger partial charge on any atom is 0.573 e. The Hall–Kier alpha value is -4.05. The van der Waals surface area contributed by atoms with Gasteiger partial charge in [0.2, 0.25) is 0 Å². The van der Waals surface area contributed by atoms with Crippen LogP contribution in [0.25, 0.3) is 16.6 Å². The summed E-state index contributed by atoms with van der Waals surface area (Å²) in [5.41, 5.74) is 0.880. The highest BCUT2D eigenvalue weighted by atomic mass is 35.5. The summed E-state index contributed by atoms with van der Waals surface area (Å²) in [4.78, 5) is 12.2. The van der Waals surface area contributed by atoms with E-state index in [1.807, 2.05) is 13.8 Å². The van der Waals surface area contributed by atoms with Gasteiger partial charge < -0.3 is 28.6 Å². The van der Waals surface area contributed by atoms with Gasteiger partial charge in [-0.3, -0.25) is 0 Å². The molecule has 0 amide bonds. The molecule has 1 heterocycles. The zero-order valence-electron chi connectivity index (χ0n) is 21.4. The Labute approximate surface area is 227 Å². The number of benzene rings is 3. The summed E-state index contributed by atoms with van der Waals surface area (Å²) in [5.74, 6) is -1.01. The van der Waals surface area contributed by atoms with Gasteiger partial charge in [-0.25, -0.2) is 4.79 Å². The third-order valence-electron chi connectivity index (χ3n) is 5.29. The number of nitrogens with zero attached hydrogens (tertiary/aromatic N) is 1. The molecule has 11 heteroatoms. The van der Waals surface area contributed by atoms with E-state index in [1.54, 1.807) is 50.2 Å². The molecule has 206 valence electrons. The number of hydrogen-bond donors (Lipinski definition) is 1. The molecular formula is C28H25ClF3NO6. The lowest BCUT2D eigenvalue weighted by Gasteiger charge is -2.17. The molecule has 0 unspecified atom stereocenters. The molecule has 7 nitrogen and oxygen atoms in total. The molecule has 0 aliphatic rings. The van der Waals surface area contributed by atoms with Crippen LogP contribution in [0.3, 0.4) is 0 Å². The molecule has 3 aromatic carbocycles. The van der Waals surface area contributed by atoms with E-state index in [-0.39, 0.29) is 40.2 Å². The highest BCUT2D eigenvalue weighted by Crippen LogP contribution is 2.40. The first-order valence-electron chi connectivity index (χ1n) is 11.9. The number of alkyl halides is 3. The lowest BCUT2D eigenvalue weighted by Crippen LogP contribution is -2.18. The summed E-state index contributed by atoms with van der Waals surface area (Å²) in [7, 11) is 0. The van der Waals surface area contributed by atoms with Crippen molar-refractivity contribution < 1.29 is 42.0 Å². The topological polar surface area (TPSA) is 79.2 Å². The molecule has 0 radical (unpaired) electrons. The maximum absolute atomic E-state index is 13.0. The van der Waals surface area contributed by atoms with Crippen LogP contribution >= 0.6 is 11.6 Å². The number of aromatic carboxylic acids is 1. The van der Waals surface area contributed by atoms with E-state index < -0.39 is 18.1 Å². The van der Waals surface area contributed by atoms with Crippen LogP contribution in [0.15, 0.2) is 60.7 Å². The van der Waals surface area contributed by atoms with Gasteiger partial charge in [0.1, 0.15) is 17.2 Å². The third-order valence-corrected chi connectivity index (χ3v) is 5.67. The van der Waals surface area contributed by atoms with Gasteiger partial charge in [-0.15, -0.1) is 13.2 Å². The molecule has 1 aromatic heterocycles. The van der Waals surface area contributed by atoms with E-state index in [9.17, 15) is 23.1 Å². The van der Waals surface area contributed by atoms with Gasteiger partial charge in [0.15, 0.2) is 17.2 Å². The predicted molar refractivity (Wildman–Crippen MR) is 140 cm³/mol. The van der Waals surface area contributed by atoms with Gasteiger partial charge in [0.05, 0.1) is 22.7 Å². The number of hydrogen-bond acceptors (Lipinski definition) is 5. The Bertz CT molecular complexity index is 1500. The van der Waals surface area contributed by atoms with Crippen molar-refractivity contribution >= 4 is 28.5 Å². The molecule has 4 aromatic rings. The van der Waals surface area contributed by atoms with Crippen LogP contribution in [-0.4, -0.2) is 34.2 Å². The fourth-order valence-corrected chi connectivity index (χ4v) is 4.26. The normalized spacial score (nSPS) is 11.7. The average Bonchev–Trinajstić information content (AvgIpc) is 3.12. The summed E-state index contributed by atoms with van der Waals surface area (Å²) >= 11 is 6.51. The Morgan fingerprint density at radius 2 is 1.44 bits per heavy atom. The van der Waals surface area contributed by atoms with Crippen LogP contribution in [0.5, 0.6) is 28.7 Å². The van der Waals surface area contributed by atoms with Crippen molar-refractivity contribution in [3.05, 3.63) is 71.4 Å². The third kappa shape index (κ3) is 6.51. The van der Waals surface area contributed by atoms with Crippen LogP contribution in [0.2, 0.25) is 5.02 Å². The maximum atomic E-state index is 13.0. The van der Waals surface area contributed by atoms with Crippen LogP contribution < -0.4 is 18.9 Å². The summed E-state index contributed by atoms with van der Waals surface area (Å²) in [6, 6.07) is 15.4. The summed E-state index contributed by atoms with van der Waals surface area (Å²) < 4.78 is 61.4. The largest absolute Gasteiger partial charge is 0.573 e. The van der Waals surface area contributed by atoms with Gasteiger partial charge >= 0.3 is 12.3 Å². The fraction of sp³-hybridized carbons (Fsp3) is 0.250. The first-order valence-corrected chi connectivity index (χ1v) is 12.3. The first kappa shape index (κ1) is 28.0. The second kappa shape index (κ2) is 11.0. The van der Waals surface area contributed by atoms with Crippen molar-refractivity contribution in [3.63, 3.8) is 0 Å². The zero-order valence-corrected chi connectivity index (χ0v) is 22.1. The smallest absolute Gasteiger partial charge is 0.491 e. The number of ether oxygens (including phenoxy) is 4. The Kier molecular flexibility index (Phi) is 7.87. The number of fused-ring (bicyclic) bond motifs is 1. The van der Waals surface area contributed by atoms with Crippen molar-refractivity contribution in [1.82, 2.24) is 4.57 Å². The molecule has 0 fully saturated rings. The lowest BCUT2D eigenvalue weighted by atomic mass is 10.2. The van der Waals surface area contributed by atoms with Gasteiger partial charge in [0.25, 0.3) is 0 Å². The Balaban J connectivity index is 1.72. The van der Waals surface area contributed by atoms with Crippen molar-refractivity contribution in [2.45, 2.75) is 46.3 Å². The second-order valence-corrected chi connectivity index (χ2v) is 9.45. The van der Waals surface area contributed by atoms with E-state index in [0.717, 1.165) is 6.07 Å². The summed E-state index contributed by atoms with van der Waals surface area (Å²) in [5, 5.41) is 10.3. The van der Waals surface area contributed by atoms with Gasteiger partial charge in [-0.05, 0) is 82.3 Å². The number of aromatic nitrogens is 1. The van der Waals surface area contributed by atoms with E-state index in [2.05, 4.69) is 4.74 Å². The summed E-state index contributed by atoms with van der Waals surface area (Å²) in [6.07, 6.45) is -5.35. The minimum atomic E-state index is -4.94. The van der Waals surface area contributed by atoms with Gasteiger partial charge in [-0.1, -0.05) is 11.6 Å². The molecule has 0 atom stereocenters. The van der Waals surface area contributed by atoms with E-state index in [0.29, 0.717) is 22.3 Å². The predicted octanol–water partition coefficient (Wildman–Crippen LogP) is 8.25. The van der Waals surface area contributed by atoms with Gasteiger partial charge in [0, 0.05) is 17.1 Å². The average molecular weight is 564 g/mol. The summed E-state index contributed by atoms with van der Waals surface area (Å²) in [6.45, 7) is 7.14. The molecular weight excluding hydrogens is 539 g/mol. The SMILES string of the molecule is CC(C)Oc1ccc(-n2c(C(=O)O)c(Cl)c3cc(Oc4ccc(OC(C)C)c(OC(F)(F)F)c4)ccc32)cc1. The molecule has 0 bridgehead atoms. The molecule has 0 saturated heterocycles. The number of carbonyl (C=O) groups is 1. The molecule has 4 rings (SSSR count). The minimum Gasteiger partial charge on any atom is -0.491 e. The minimum absolute atomic E-state index is 0.0211. The van der Waals surface area contributed by atoms with Crippen molar-refractivity contribution in [2.24, 2.45) is 0 Å². The van der Waals surface area contributed by atoms with Crippen LogP contribution in [0, 0.1) is 0 Å². The van der Waals surface area contributed by atoms with Crippen LogP contribution in [0.1, 0.15) is 38.2 Å². The molecule has 39 heavy (non-hydrogen) atoms. The quantitative estimate of drug-likeness (QED) is 0.221. The highest BCUT2D eigenvalue weighted by molar-refractivity contribution is 6.38. The van der Waals surface area contributed by atoms with Crippen molar-refractivity contribution in [1.29, 1.82) is 0 Å². The monoisotopic (exact) mass is 563 g/mol. The Morgan fingerprint density at radius 3 is 2.03 bits per heavy atom. The number of rotatable bonds is 9.